The van der Waals surface area contributed by atoms with E-state index in [1.54, 1.807) is 18.2 Å². The number of benzene rings is 2. The zero-order valence-electron chi connectivity index (χ0n) is 18.9. The van der Waals surface area contributed by atoms with Crippen LogP contribution in [0.25, 0.3) is 11.0 Å². The van der Waals surface area contributed by atoms with Crippen LogP contribution in [-0.4, -0.2) is 61.6 Å². The first kappa shape index (κ1) is 23.5. The molecule has 0 spiro atoms. The SMILES string of the molecule is CCn1c(COC(=O)CNC(=O)c2ccc3c(c2)OCO3)nc2cc(S(=O)(=O)N(C)C)ccc21. The molecule has 1 aliphatic heterocycles. The molecule has 0 aliphatic carbocycles. The molecule has 0 atom stereocenters. The second-order valence-electron chi connectivity index (χ2n) is 7.62. The number of hydrogen-bond donors (Lipinski definition) is 1. The van der Waals surface area contributed by atoms with Gasteiger partial charge >= 0.3 is 5.97 Å². The van der Waals surface area contributed by atoms with Crippen molar-refractivity contribution in [2.24, 2.45) is 0 Å². The van der Waals surface area contributed by atoms with Crippen LogP contribution < -0.4 is 14.8 Å². The average molecular weight is 489 g/mol. The Bertz CT molecular complexity index is 1370. The minimum absolute atomic E-state index is 0.0992. The van der Waals surface area contributed by atoms with Crippen molar-refractivity contribution < 1.29 is 32.2 Å². The number of amides is 1. The molecule has 11 nitrogen and oxygen atoms in total. The van der Waals surface area contributed by atoms with Gasteiger partial charge in [-0.2, -0.15) is 0 Å². The summed E-state index contributed by atoms with van der Waals surface area (Å²) in [6, 6.07) is 9.43. The molecule has 2 aromatic carbocycles. The van der Waals surface area contributed by atoms with Gasteiger partial charge in [-0.15, -0.1) is 0 Å². The number of esters is 1. The Morgan fingerprint density at radius 3 is 2.65 bits per heavy atom. The Morgan fingerprint density at radius 1 is 1.15 bits per heavy atom. The van der Waals surface area contributed by atoms with Crippen LogP contribution in [0.15, 0.2) is 41.3 Å². The Kier molecular flexibility index (Phi) is 6.44. The summed E-state index contributed by atoms with van der Waals surface area (Å²) in [6.45, 7) is 2.09. The molecule has 2 heterocycles. The first-order valence-corrected chi connectivity index (χ1v) is 11.9. The van der Waals surface area contributed by atoms with Crippen LogP contribution in [0.3, 0.4) is 0 Å². The van der Waals surface area contributed by atoms with E-state index in [0.29, 0.717) is 34.9 Å². The lowest BCUT2D eigenvalue weighted by Gasteiger charge is -2.11. The Labute approximate surface area is 196 Å². The second-order valence-corrected chi connectivity index (χ2v) is 9.77. The van der Waals surface area contributed by atoms with Crippen LogP contribution in [0, 0.1) is 0 Å². The molecule has 0 bridgehead atoms. The summed E-state index contributed by atoms with van der Waals surface area (Å²) in [5.41, 5.74) is 1.53. The number of imidazole rings is 1. The third-order valence-electron chi connectivity index (χ3n) is 5.28. The fraction of sp³-hybridized carbons (Fsp3) is 0.318. The van der Waals surface area contributed by atoms with E-state index in [1.807, 2.05) is 11.5 Å². The van der Waals surface area contributed by atoms with Gasteiger partial charge in [0.05, 0.1) is 15.9 Å². The van der Waals surface area contributed by atoms with E-state index in [0.717, 1.165) is 9.82 Å². The van der Waals surface area contributed by atoms with Crippen LogP contribution in [0.5, 0.6) is 11.5 Å². The van der Waals surface area contributed by atoms with E-state index in [1.165, 1.54) is 32.3 Å². The van der Waals surface area contributed by atoms with Gasteiger partial charge in [0.2, 0.25) is 16.8 Å². The summed E-state index contributed by atoms with van der Waals surface area (Å²) in [5, 5.41) is 2.51. The molecule has 180 valence electrons. The van der Waals surface area contributed by atoms with Crippen molar-refractivity contribution in [1.29, 1.82) is 0 Å². The van der Waals surface area contributed by atoms with Crippen LogP contribution in [0.4, 0.5) is 0 Å². The second kappa shape index (κ2) is 9.31. The van der Waals surface area contributed by atoms with Crippen molar-refractivity contribution in [1.82, 2.24) is 19.2 Å². The van der Waals surface area contributed by atoms with Gasteiger partial charge in [-0.3, -0.25) is 9.59 Å². The molecule has 3 aromatic rings. The van der Waals surface area contributed by atoms with Crippen molar-refractivity contribution in [2.75, 3.05) is 27.4 Å². The molecule has 34 heavy (non-hydrogen) atoms. The van der Waals surface area contributed by atoms with E-state index < -0.39 is 21.9 Å². The van der Waals surface area contributed by atoms with E-state index in [4.69, 9.17) is 14.2 Å². The summed E-state index contributed by atoms with van der Waals surface area (Å²) >= 11 is 0. The number of sulfonamides is 1. The number of hydrogen-bond acceptors (Lipinski definition) is 8. The summed E-state index contributed by atoms with van der Waals surface area (Å²) < 4.78 is 43.5. The minimum atomic E-state index is -3.60. The maximum absolute atomic E-state index is 12.4. The number of nitrogens with zero attached hydrogens (tertiary/aromatic N) is 3. The zero-order chi connectivity index (χ0) is 24.5. The van der Waals surface area contributed by atoms with Crippen LogP contribution >= 0.6 is 0 Å². The summed E-state index contributed by atoms with van der Waals surface area (Å²) in [7, 11) is -0.685. The molecular weight excluding hydrogens is 464 g/mol. The average Bonchev–Trinajstić information content (AvgIpc) is 3.43. The number of rotatable bonds is 8. The molecule has 0 saturated heterocycles. The number of carbonyl (C=O) groups is 2. The molecular formula is C22H24N4O7S. The first-order valence-electron chi connectivity index (χ1n) is 10.5. The third kappa shape index (κ3) is 4.54. The molecule has 0 saturated carbocycles. The quantitative estimate of drug-likeness (QED) is 0.473. The third-order valence-corrected chi connectivity index (χ3v) is 7.09. The number of nitrogens with one attached hydrogen (secondary N) is 1. The van der Waals surface area contributed by atoms with Gasteiger partial charge in [-0.1, -0.05) is 0 Å². The zero-order valence-corrected chi connectivity index (χ0v) is 19.7. The van der Waals surface area contributed by atoms with Gasteiger partial charge in [0.15, 0.2) is 11.5 Å². The standard InChI is InChI=1S/C22H24N4O7S/c1-4-26-17-7-6-15(34(29,30)25(2)3)10-16(17)24-20(26)12-31-21(27)11-23-22(28)14-5-8-18-19(9-14)33-13-32-18/h5-10H,4,11-13H2,1-3H3,(H,23,28). The van der Waals surface area contributed by atoms with E-state index in [9.17, 15) is 18.0 Å². The van der Waals surface area contributed by atoms with E-state index in [-0.39, 0.29) is 24.8 Å². The molecule has 4 rings (SSSR count). The molecule has 0 fully saturated rings. The smallest absolute Gasteiger partial charge is 0.325 e. The highest BCUT2D eigenvalue weighted by molar-refractivity contribution is 7.89. The lowest BCUT2D eigenvalue weighted by molar-refractivity contribution is -0.144. The number of ether oxygens (including phenoxy) is 3. The van der Waals surface area contributed by atoms with Gasteiger partial charge in [-0.25, -0.2) is 17.7 Å². The predicted molar refractivity (Wildman–Crippen MR) is 121 cm³/mol. The first-order chi connectivity index (χ1) is 16.2. The molecule has 1 aliphatic rings. The largest absolute Gasteiger partial charge is 0.456 e. The Morgan fingerprint density at radius 2 is 1.91 bits per heavy atom. The van der Waals surface area contributed by atoms with Gasteiger partial charge < -0.3 is 24.1 Å². The predicted octanol–water partition coefficient (Wildman–Crippen LogP) is 1.51. The highest BCUT2D eigenvalue weighted by Gasteiger charge is 2.20. The molecule has 0 radical (unpaired) electrons. The van der Waals surface area contributed by atoms with Crippen LogP contribution in [0.1, 0.15) is 23.1 Å². The molecule has 12 heteroatoms. The van der Waals surface area contributed by atoms with Crippen LogP contribution in [-0.2, 0) is 32.7 Å². The Hall–Kier alpha value is -3.64. The maximum Gasteiger partial charge on any atom is 0.325 e. The molecule has 1 amide bonds. The lowest BCUT2D eigenvalue weighted by atomic mass is 10.2. The van der Waals surface area contributed by atoms with Gasteiger partial charge in [0.1, 0.15) is 19.0 Å². The highest BCUT2D eigenvalue weighted by atomic mass is 32.2. The summed E-state index contributed by atoms with van der Waals surface area (Å²) in [6.07, 6.45) is 0. The fourth-order valence-electron chi connectivity index (χ4n) is 3.48. The topological polar surface area (TPSA) is 129 Å². The van der Waals surface area contributed by atoms with E-state index >= 15 is 0 Å². The number of fused-ring (bicyclic) bond motifs is 2. The van der Waals surface area contributed by atoms with Crippen molar-refractivity contribution in [3.8, 4) is 11.5 Å². The monoisotopic (exact) mass is 488 g/mol. The number of carbonyl (C=O) groups excluding carboxylic acids is 2. The molecule has 1 aromatic heterocycles. The van der Waals surface area contributed by atoms with Crippen molar-refractivity contribution in [3.63, 3.8) is 0 Å². The lowest BCUT2D eigenvalue weighted by Crippen LogP contribution is -2.30. The van der Waals surface area contributed by atoms with Crippen molar-refractivity contribution >= 4 is 32.9 Å². The summed E-state index contributed by atoms with van der Waals surface area (Å²) in [4.78, 5) is 29.1. The molecule has 1 N–H and O–H groups in total. The van der Waals surface area contributed by atoms with Gasteiger partial charge in [0.25, 0.3) is 5.91 Å². The van der Waals surface area contributed by atoms with Gasteiger partial charge in [0, 0.05) is 26.2 Å². The molecule has 0 unspecified atom stereocenters. The number of aryl methyl sites for hydroxylation is 1. The van der Waals surface area contributed by atoms with E-state index in [2.05, 4.69) is 10.3 Å². The fourth-order valence-corrected chi connectivity index (χ4v) is 4.40. The normalized spacial score (nSPS) is 12.8. The van der Waals surface area contributed by atoms with Crippen molar-refractivity contribution in [3.05, 3.63) is 47.8 Å². The number of aromatic nitrogens is 2. The summed E-state index contributed by atoms with van der Waals surface area (Å²) in [5.74, 6) is 0.397. The van der Waals surface area contributed by atoms with Crippen LogP contribution in [0.2, 0.25) is 0 Å². The highest BCUT2D eigenvalue weighted by Crippen LogP contribution is 2.32. The maximum atomic E-state index is 12.4. The van der Waals surface area contributed by atoms with Gasteiger partial charge in [-0.05, 0) is 43.3 Å². The minimum Gasteiger partial charge on any atom is -0.456 e. The Balaban J connectivity index is 1.40. The van der Waals surface area contributed by atoms with Crippen molar-refractivity contribution in [2.45, 2.75) is 25.0 Å².